The summed E-state index contributed by atoms with van der Waals surface area (Å²) in [6, 6.07) is 2.60. The van der Waals surface area contributed by atoms with Gasteiger partial charge in [-0.05, 0) is 24.6 Å². The molecule has 0 spiro atoms. The van der Waals surface area contributed by atoms with Crippen LogP contribution in [0, 0.1) is 6.92 Å². The van der Waals surface area contributed by atoms with Crippen molar-refractivity contribution in [2.75, 3.05) is 13.6 Å². The molecule has 8 heteroatoms. The smallest absolute Gasteiger partial charge is 0.304 e. The standard InChI is InChI=1S/C11H13Cl2NO4S/c1-7-9(12)5-8(6-10(7)13)19(17,18)14(2)4-3-11(15)16/h5-6H,3-4H2,1-2H3,(H,15,16). The highest BCUT2D eigenvalue weighted by molar-refractivity contribution is 7.89. The zero-order chi connectivity index (χ0) is 14.8. The Balaban J connectivity index is 3.10. The number of carbonyl (C=O) groups is 1. The van der Waals surface area contributed by atoms with Crippen molar-refractivity contribution in [1.82, 2.24) is 4.31 Å². The monoisotopic (exact) mass is 325 g/mol. The van der Waals surface area contributed by atoms with Gasteiger partial charge in [-0.2, -0.15) is 0 Å². The van der Waals surface area contributed by atoms with Gasteiger partial charge in [0.25, 0.3) is 0 Å². The van der Waals surface area contributed by atoms with Crippen LogP contribution < -0.4 is 0 Å². The SMILES string of the molecule is Cc1c(Cl)cc(S(=O)(=O)N(C)CCC(=O)O)cc1Cl. The lowest BCUT2D eigenvalue weighted by atomic mass is 10.2. The first kappa shape index (κ1) is 16.2. The Kier molecular flexibility index (Phi) is 5.20. The number of carboxylic acids is 1. The first-order valence-corrected chi connectivity index (χ1v) is 7.49. The lowest BCUT2D eigenvalue weighted by molar-refractivity contribution is -0.137. The van der Waals surface area contributed by atoms with Gasteiger partial charge in [0, 0.05) is 23.6 Å². The third kappa shape index (κ3) is 3.82. The van der Waals surface area contributed by atoms with Gasteiger partial charge in [0.1, 0.15) is 0 Å². The van der Waals surface area contributed by atoms with Gasteiger partial charge in [-0.1, -0.05) is 23.2 Å². The van der Waals surface area contributed by atoms with E-state index in [1.54, 1.807) is 6.92 Å². The van der Waals surface area contributed by atoms with Crippen LogP contribution in [0.1, 0.15) is 12.0 Å². The molecule has 0 aliphatic rings. The van der Waals surface area contributed by atoms with E-state index < -0.39 is 16.0 Å². The van der Waals surface area contributed by atoms with Gasteiger partial charge >= 0.3 is 5.97 Å². The summed E-state index contributed by atoms with van der Waals surface area (Å²) in [5.41, 5.74) is 0.593. The molecule has 0 amide bonds. The second kappa shape index (κ2) is 6.09. The zero-order valence-corrected chi connectivity index (χ0v) is 12.7. The minimum atomic E-state index is -3.80. The van der Waals surface area contributed by atoms with Crippen molar-refractivity contribution in [2.24, 2.45) is 0 Å². The molecule has 5 nitrogen and oxygen atoms in total. The van der Waals surface area contributed by atoms with Crippen molar-refractivity contribution in [3.8, 4) is 0 Å². The lowest BCUT2D eigenvalue weighted by Gasteiger charge is -2.17. The van der Waals surface area contributed by atoms with Crippen LogP contribution in [0.15, 0.2) is 17.0 Å². The van der Waals surface area contributed by atoms with Gasteiger partial charge in [-0.3, -0.25) is 4.79 Å². The van der Waals surface area contributed by atoms with E-state index in [1.807, 2.05) is 0 Å². The molecule has 0 aliphatic carbocycles. The molecule has 0 heterocycles. The second-order valence-electron chi connectivity index (χ2n) is 3.98. The molecule has 0 aliphatic heterocycles. The van der Waals surface area contributed by atoms with E-state index in [4.69, 9.17) is 28.3 Å². The topological polar surface area (TPSA) is 74.7 Å². The lowest BCUT2D eigenvalue weighted by Crippen LogP contribution is -2.29. The summed E-state index contributed by atoms with van der Waals surface area (Å²) in [6.07, 6.45) is -0.275. The molecule has 1 aromatic carbocycles. The molecule has 1 N–H and O–H groups in total. The first-order chi connectivity index (χ1) is 8.66. The number of hydrogen-bond donors (Lipinski definition) is 1. The van der Waals surface area contributed by atoms with Gasteiger partial charge in [-0.25, -0.2) is 12.7 Å². The van der Waals surface area contributed by atoms with Gasteiger partial charge < -0.3 is 5.11 Å². The second-order valence-corrected chi connectivity index (χ2v) is 6.84. The fourth-order valence-electron chi connectivity index (χ4n) is 1.32. The highest BCUT2D eigenvalue weighted by atomic mass is 35.5. The normalized spacial score (nSPS) is 11.8. The van der Waals surface area contributed by atoms with Crippen molar-refractivity contribution in [1.29, 1.82) is 0 Å². The third-order valence-electron chi connectivity index (χ3n) is 2.60. The van der Waals surface area contributed by atoms with Crippen LogP contribution in [0.5, 0.6) is 0 Å². The summed E-state index contributed by atoms with van der Waals surface area (Å²) in [6.45, 7) is 1.55. The molecular weight excluding hydrogens is 313 g/mol. The van der Waals surface area contributed by atoms with Crippen molar-refractivity contribution < 1.29 is 18.3 Å². The third-order valence-corrected chi connectivity index (χ3v) is 5.22. The molecule has 0 bridgehead atoms. The Morgan fingerprint density at radius 3 is 2.21 bits per heavy atom. The van der Waals surface area contributed by atoms with Crippen molar-refractivity contribution in [3.05, 3.63) is 27.7 Å². The highest BCUT2D eigenvalue weighted by Gasteiger charge is 2.23. The Labute approximate surface area is 121 Å². The Hall–Kier alpha value is -0.820. The molecule has 0 saturated heterocycles. The fourth-order valence-corrected chi connectivity index (χ4v) is 3.17. The molecular formula is C11H13Cl2NO4S. The van der Waals surface area contributed by atoms with E-state index in [1.165, 1.54) is 19.2 Å². The van der Waals surface area contributed by atoms with E-state index in [-0.39, 0.29) is 27.9 Å². The Morgan fingerprint density at radius 1 is 1.32 bits per heavy atom. The van der Waals surface area contributed by atoms with Crippen LogP contribution in [0.4, 0.5) is 0 Å². The molecule has 0 radical (unpaired) electrons. The quantitative estimate of drug-likeness (QED) is 0.901. The molecule has 0 saturated carbocycles. The van der Waals surface area contributed by atoms with Gasteiger partial charge in [0.05, 0.1) is 11.3 Å². The summed E-state index contributed by atoms with van der Waals surface area (Å²) in [4.78, 5) is 10.4. The first-order valence-electron chi connectivity index (χ1n) is 5.30. The van der Waals surface area contributed by atoms with Crippen molar-refractivity contribution >= 4 is 39.2 Å². The van der Waals surface area contributed by atoms with Crippen LogP contribution >= 0.6 is 23.2 Å². The number of rotatable bonds is 5. The molecule has 0 aromatic heterocycles. The van der Waals surface area contributed by atoms with E-state index in [0.717, 1.165) is 4.31 Å². The number of benzene rings is 1. The number of halogens is 2. The molecule has 1 rings (SSSR count). The van der Waals surface area contributed by atoms with E-state index >= 15 is 0 Å². The molecule has 106 valence electrons. The molecule has 0 unspecified atom stereocenters. The fraction of sp³-hybridized carbons (Fsp3) is 0.364. The number of nitrogens with zero attached hydrogens (tertiary/aromatic N) is 1. The molecule has 0 fully saturated rings. The number of carboxylic acid groups (broad SMARTS) is 1. The largest absolute Gasteiger partial charge is 0.481 e. The van der Waals surface area contributed by atoms with Crippen LogP contribution in [-0.2, 0) is 14.8 Å². The Morgan fingerprint density at radius 2 is 1.79 bits per heavy atom. The van der Waals surface area contributed by atoms with Crippen LogP contribution in [0.25, 0.3) is 0 Å². The van der Waals surface area contributed by atoms with Crippen molar-refractivity contribution in [3.63, 3.8) is 0 Å². The average Bonchev–Trinajstić information content (AvgIpc) is 2.31. The van der Waals surface area contributed by atoms with E-state index in [2.05, 4.69) is 0 Å². The average molecular weight is 326 g/mol. The zero-order valence-electron chi connectivity index (χ0n) is 10.4. The predicted octanol–water partition coefficient (Wildman–Crippen LogP) is 2.40. The summed E-state index contributed by atoms with van der Waals surface area (Å²) in [5, 5.41) is 9.06. The molecule has 0 atom stereocenters. The van der Waals surface area contributed by atoms with Crippen LogP contribution in [-0.4, -0.2) is 37.4 Å². The predicted molar refractivity (Wildman–Crippen MR) is 73.3 cm³/mol. The van der Waals surface area contributed by atoms with Crippen LogP contribution in [0.2, 0.25) is 10.0 Å². The maximum Gasteiger partial charge on any atom is 0.304 e. The van der Waals surface area contributed by atoms with E-state index in [9.17, 15) is 13.2 Å². The summed E-state index contributed by atoms with van der Waals surface area (Å²) < 4.78 is 25.3. The minimum absolute atomic E-state index is 0.0546. The minimum Gasteiger partial charge on any atom is -0.481 e. The van der Waals surface area contributed by atoms with Gasteiger partial charge in [0.15, 0.2) is 0 Å². The van der Waals surface area contributed by atoms with E-state index in [0.29, 0.717) is 5.56 Å². The van der Waals surface area contributed by atoms with Crippen molar-refractivity contribution in [2.45, 2.75) is 18.2 Å². The number of sulfonamides is 1. The maximum atomic E-state index is 12.2. The molecule has 1 aromatic rings. The number of aliphatic carboxylic acids is 1. The molecule has 19 heavy (non-hydrogen) atoms. The highest BCUT2D eigenvalue weighted by Crippen LogP contribution is 2.28. The maximum absolute atomic E-state index is 12.2. The Bertz CT molecular complexity index is 578. The summed E-state index contributed by atoms with van der Waals surface area (Å²) in [7, 11) is -2.49. The van der Waals surface area contributed by atoms with Gasteiger partial charge in [-0.15, -0.1) is 0 Å². The summed E-state index contributed by atoms with van der Waals surface area (Å²) >= 11 is 11.8. The number of hydrogen-bond acceptors (Lipinski definition) is 3. The van der Waals surface area contributed by atoms with Gasteiger partial charge in [0.2, 0.25) is 10.0 Å². The van der Waals surface area contributed by atoms with Crippen LogP contribution in [0.3, 0.4) is 0 Å². The summed E-state index contributed by atoms with van der Waals surface area (Å²) in [5.74, 6) is -1.07.